The zero-order valence-corrected chi connectivity index (χ0v) is 12.8. The van der Waals surface area contributed by atoms with Gasteiger partial charge in [0, 0.05) is 23.8 Å². The van der Waals surface area contributed by atoms with Gasteiger partial charge in [0.1, 0.15) is 0 Å². The fraction of sp³-hybridized carbons (Fsp3) is 0.562. The number of rotatable bonds is 6. The molecule has 110 valence electrons. The van der Waals surface area contributed by atoms with Crippen molar-refractivity contribution in [3.63, 3.8) is 0 Å². The minimum Gasteiger partial charge on any atom is -0.384 e. The van der Waals surface area contributed by atoms with Crippen molar-refractivity contribution in [1.82, 2.24) is 5.32 Å². The maximum absolute atomic E-state index is 12.3. The highest BCUT2D eigenvalue weighted by atomic mass is 35.5. The van der Waals surface area contributed by atoms with E-state index in [0.29, 0.717) is 16.5 Å². The van der Waals surface area contributed by atoms with Crippen LogP contribution in [0.4, 0.5) is 5.69 Å². The second-order valence-electron chi connectivity index (χ2n) is 5.48. The topological polar surface area (TPSA) is 41.1 Å². The molecule has 2 rings (SSSR count). The van der Waals surface area contributed by atoms with Gasteiger partial charge in [-0.15, -0.1) is 0 Å². The Morgan fingerprint density at radius 1 is 1.35 bits per heavy atom. The first kappa shape index (κ1) is 15.2. The second-order valence-corrected chi connectivity index (χ2v) is 5.91. The van der Waals surface area contributed by atoms with E-state index in [1.807, 2.05) is 12.1 Å². The molecule has 0 aromatic heterocycles. The van der Waals surface area contributed by atoms with Crippen molar-refractivity contribution < 1.29 is 4.79 Å². The van der Waals surface area contributed by atoms with Gasteiger partial charge < -0.3 is 10.6 Å². The summed E-state index contributed by atoms with van der Waals surface area (Å²) < 4.78 is 0. The molecule has 1 aromatic carbocycles. The number of nitrogens with one attached hydrogen (secondary N) is 2. The van der Waals surface area contributed by atoms with Crippen LogP contribution < -0.4 is 10.6 Å². The predicted molar refractivity (Wildman–Crippen MR) is 84.5 cm³/mol. The molecule has 3 nitrogen and oxygen atoms in total. The molecule has 1 aromatic rings. The predicted octanol–water partition coefficient (Wildman–Crippen LogP) is 4.08. The lowest BCUT2D eigenvalue weighted by Crippen LogP contribution is -2.29. The fourth-order valence-electron chi connectivity index (χ4n) is 2.66. The first-order valence-corrected chi connectivity index (χ1v) is 7.90. The van der Waals surface area contributed by atoms with Crippen molar-refractivity contribution in [3.05, 3.63) is 28.8 Å². The molecule has 1 saturated carbocycles. The Hall–Kier alpha value is -1.22. The molecule has 4 heteroatoms. The Morgan fingerprint density at radius 3 is 2.80 bits per heavy atom. The molecule has 1 aliphatic rings. The minimum atomic E-state index is -0.0296. The first-order valence-electron chi connectivity index (χ1n) is 7.52. The van der Waals surface area contributed by atoms with Crippen LogP contribution in [0.3, 0.4) is 0 Å². The van der Waals surface area contributed by atoms with Crippen molar-refractivity contribution in [1.29, 1.82) is 0 Å². The summed E-state index contributed by atoms with van der Waals surface area (Å²) in [6, 6.07) is 5.43. The highest BCUT2D eigenvalue weighted by Gasteiger charge is 2.17. The number of halogens is 1. The Labute approximate surface area is 126 Å². The molecule has 1 aliphatic carbocycles. The number of hydrogen-bond acceptors (Lipinski definition) is 2. The van der Waals surface area contributed by atoms with E-state index < -0.39 is 0 Å². The lowest BCUT2D eigenvalue weighted by atomic mass is 10.1. The molecule has 0 aliphatic heterocycles. The Morgan fingerprint density at radius 2 is 2.10 bits per heavy atom. The van der Waals surface area contributed by atoms with Crippen LogP contribution in [0.25, 0.3) is 0 Å². The Kier molecular flexibility index (Phi) is 5.72. The lowest BCUT2D eigenvalue weighted by Gasteiger charge is -2.14. The van der Waals surface area contributed by atoms with Crippen molar-refractivity contribution in [2.75, 3.05) is 18.4 Å². The van der Waals surface area contributed by atoms with Gasteiger partial charge in [-0.3, -0.25) is 4.79 Å². The van der Waals surface area contributed by atoms with Gasteiger partial charge >= 0.3 is 0 Å². The number of amides is 1. The van der Waals surface area contributed by atoms with E-state index in [-0.39, 0.29) is 5.91 Å². The average molecular weight is 295 g/mol. The van der Waals surface area contributed by atoms with Crippen molar-refractivity contribution >= 4 is 23.2 Å². The quantitative estimate of drug-likeness (QED) is 0.830. The summed E-state index contributed by atoms with van der Waals surface area (Å²) in [6.45, 7) is 3.73. The van der Waals surface area contributed by atoms with E-state index in [1.54, 1.807) is 6.07 Å². The minimum absolute atomic E-state index is 0.0296. The largest absolute Gasteiger partial charge is 0.384 e. The van der Waals surface area contributed by atoms with Gasteiger partial charge in [-0.2, -0.15) is 0 Å². The van der Waals surface area contributed by atoms with E-state index in [2.05, 4.69) is 17.6 Å². The third kappa shape index (κ3) is 4.14. The molecular weight excluding hydrogens is 272 g/mol. The molecule has 0 heterocycles. The number of hydrogen-bond donors (Lipinski definition) is 2. The van der Waals surface area contributed by atoms with E-state index in [1.165, 1.54) is 25.7 Å². The average Bonchev–Trinajstić information content (AvgIpc) is 2.96. The highest BCUT2D eigenvalue weighted by Crippen LogP contribution is 2.24. The molecule has 2 N–H and O–H groups in total. The van der Waals surface area contributed by atoms with E-state index >= 15 is 0 Å². The molecule has 20 heavy (non-hydrogen) atoms. The SMILES string of the molecule is CCCNc1ccc(Cl)cc1C(=O)NCC1CCCC1. The molecular formula is C16H23ClN2O. The van der Waals surface area contributed by atoms with Crippen LogP contribution in [0, 0.1) is 5.92 Å². The van der Waals surface area contributed by atoms with Crippen molar-refractivity contribution in [2.45, 2.75) is 39.0 Å². The summed E-state index contributed by atoms with van der Waals surface area (Å²) >= 11 is 6.01. The van der Waals surface area contributed by atoms with Crippen LogP contribution in [0.15, 0.2) is 18.2 Å². The normalized spacial score (nSPS) is 15.3. The molecule has 0 spiro atoms. The lowest BCUT2D eigenvalue weighted by molar-refractivity contribution is 0.0948. The maximum atomic E-state index is 12.3. The standard InChI is InChI=1S/C16H23ClN2O/c1-2-9-18-15-8-7-13(17)10-14(15)16(20)19-11-12-5-3-4-6-12/h7-8,10,12,18H,2-6,9,11H2,1H3,(H,19,20). The molecule has 0 radical (unpaired) electrons. The summed E-state index contributed by atoms with van der Waals surface area (Å²) in [5, 5.41) is 6.92. The summed E-state index contributed by atoms with van der Waals surface area (Å²) in [5.74, 6) is 0.614. The number of carbonyl (C=O) groups is 1. The van der Waals surface area contributed by atoms with Crippen molar-refractivity contribution in [3.8, 4) is 0 Å². The van der Waals surface area contributed by atoms with Gasteiger partial charge in [0.2, 0.25) is 0 Å². The van der Waals surface area contributed by atoms with Gasteiger partial charge in [-0.25, -0.2) is 0 Å². The van der Waals surface area contributed by atoms with Crippen molar-refractivity contribution in [2.24, 2.45) is 5.92 Å². The number of benzene rings is 1. The third-order valence-corrected chi connectivity index (χ3v) is 4.05. The third-order valence-electron chi connectivity index (χ3n) is 3.82. The molecule has 0 bridgehead atoms. The second kappa shape index (κ2) is 7.53. The van der Waals surface area contributed by atoms with Crippen LogP contribution in [-0.2, 0) is 0 Å². The van der Waals surface area contributed by atoms with Gasteiger partial charge in [0.15, 0.2) is 0 Å². The Bertz CT molecular complexity index is 456. The maximum Gasteiger partial charge on any atom is 0.253 e. The zero-order valence-electron chi connectivity index (χ0n) is 12.0. The van der Waals surface area contributed by atoms with E-state index in [9.17, 15) is 4.79 Å². The monoisotopic (exact) mass is 294 g/mol. The molecule has 1 amide bonds. The van der Waals surface area contributed by atoms with Crippen LogP contribution in [-0.4, -0.2) is 19.0 Å². The van der Waals surface area contributed by atoms with Gasteiger partial charge in [-0.1, -0.05) is 31.4 Å². The van der Waals surface area contributed by atoms with E-state index in [4.69, 9.17) is 11.6 Å². The van der Waals surface area contributed by atoms with Crippen LogP contribution in [0.2, 0.25) is 5.02 Å². The van der Waals surface area contributed by atoms with Gasteiger partial charge in [0.25, 0.3) is 5.91 Å². The van der Waals surface area contributed by atoms with E-state index in [0.717, 1.165) is 25.2 Å². The molecule has 0 unspecified atom stereocenters. The molecule has 0 atom stereocenters. The van der Waals surface area contributed by atoms with Gasteiger partial charge in [0.05, 0.1) is 5.56 Å². The van der Waals surface area contributed by atoms with Crippen LogP contribution in [0.5, 0.6) is 0 Å². The summed E-state index contributed by atoms with van der Waals surface area (Å²) in [6.07, 6.45) is 6.07. The number of anilines is 1. The van der Waals surface area contributed by atoms with Crippen LogP contribution >= 0.6 is 11.6 Å². The highest BCUT2D eigenvalue weighted by molar-refractivity contribution is 6.31. The summed E-state index contributed by atoms with van der Waals surface area (Å²) in [4.78, 5) is 12.3. The summed E-state index contributed by atoms with van der Waals surface area (Å²) in [7, 11) is 0. The van der Waals surface area contributed by atoms with Crippen LogP contribution in [0.1, 0.15) is 49.4 Å². The zero-order chi connectivity index (χ0) is 14.4. The summed E-state index contributed by atoms with van der Waals surface area (Å²) in [5.41, 5.74) is 1.50. The molecule has 1 fully saturated rings. The Balaban J connectivity index is 2.00. The number of carbonyl (C=O) groups excluding carboxylic acids is 1. The smallest absolute Gasteiger partial charge is 0.253 e. The first-order chi connectivity index (χ1) is 9.70. The molecule has 0 saturated heterocycles. The fourth-order valence-corrected chi connectivity index (χ4v) is 2.84. The van der Waals surface area contributed by atoms with Gasteiger partial charge in [-0.05, 0) is 43.4 Å².